The lowest BCUT2D eigenvalue weighted by atomic mass is 10.1. The minimum Gasteiger partial charge on any atom is -0.459 e. The zero-order valence-corrected chi connectivity index (χ0v) is 10.4. The summed E-state index contributed by atoms with van der Waals surface area (Å²) in [5, 5.41) is 0. The molecule has 1 saturated carbocycles. The van der Waals surface area contributed by atoms with E-state index < -0.39 is 0 Å². The molecule has 0 aliphatic heterocycles. The third-order valence-corrected chi connectivity index (χ3v) is 3.24. The van der Waals surface area contributed by atoms with Crippen LogP contribution in [0.2, 0.25) is 0 Å². The molecule has 0 spiro atoms. The van der Waals surface area contributed by atoms with Gasteiger partial charge in [0.05, 0.1) is 12.5 Å². The van der Waals surface area contributed by atoms with Crippen LogP contribution >= 0.6 is 0 Å². The van der Waals surface area contributed by atoms with Crippen molar-refractivity contribution in [2.75, 3.05) is 7.11 Å². The van der Waals surface area contributed by atoms with Crippen molar-refractivity contribution >= 4 is 5.97 Å². The zero-order chi connectivity index (χ0) is 13.0. The number of halogens is 1. The van der Waals surface area contributed by atoms with Crippen LogP contribution in [0.4, 0.5) is 4.39 Å². The molecule has 0 heterocycles. The standard InChI is InChI=1S/C14H17FO3/c1-17-12-3-2-4-13(12)18-14(16)9-10-5-7-11(15)8-6-10/h5-8,12-13H,2-4,9H2,1H3/t12-,13+/m0/s1. The van der Waals surface area contributed by atoms with E-state index in [1.54, 1.807) is 19.2 Å². The average molecular weight is 252 g/mol. The zero-order valence-electron chi connectivity index (χ0n) is 10.4. The first-order chi connectivity index (χ1) is 8.69. The van der Waals surface area contributed by atoms with E-state index in [0.717, 1.165) is 24.8 Å². The van der Waals surface area contributed by atoms with Crippen molar-refractivity contribution < 1.29 is 18.7 Å². The lowest BCUT2D eigenvalue weighted by molar-refractivity contribution is -0.153. The number of carbonyl (C=O) groups is 1. The number of esters is 1. The topological polar surface area (TPSA) is 35.5 Å². The van der Waals surface area contributed by atoms with Gasteiger partial charge in [-0.15, -0.1) is 0 Å². The lowest BCUT2D eigenvalue weighted by Crippen LogP contribution is -2.28. The van der Waals surface area contributed by atoms with E-state index in [0.29, 0.717) is 0 Å². The fourth-order valence-electron chi connectivity index (χ4n) is 2.28. The molecule has 0 saturated heterocycles. The highest BCUT2D eigenvalue weighted by atomic mass is 19.1. The molecule has 0 N–H and O–H groups in total. The van der Waals surface area contributed by atoms with Gasteiger partial charge in [-0.1, -0.05) is 12.1 Å². The number of rotatable bonds is 4. The van der Waals surface area contributed by atoms with Crippen LogP contribution in [0.3, 0.4) is 0 Å². The summed E-state index contributed by atoms with van der Waals surface area (Å²) in [4.78, 5) is 11.7. The third-order valence-electron chi connectivity index (χ3n) is 3.24. The summed E-state index contributed by atoms with van der Waals surface area (Å²) >= 11 is 0. The van der Waals surface area contributed by atoms with E-state index in [2.05, 4.69) is 0 Å². The number of hydrogen-bond acceptors (Lipinski definition) is 3. The van der Waals surface area contributed by atoms with Crippen LogP contribution in [0.25, 0.3) is 0 Å². The van der Waals surface area contributed by atoms with Crippen LogP contribution in [0.5, 0.6) is 0 Å². The number of hydrogen-bond donors (Lipinski definition) is 0. The molecule has 0 amide bonds. The van der Waals surface area contributed by atoms with Crippen LogP contribution in [0.15, 0.2) is 24.3 Å². The molecule has 0 aromatic heterocycles. The molecule has 0 unspecified atom stereocenters. The first-order valence-electron chi connectivity index (χ1n) is 6.16. The minimum absolute atomic E-state index is 0.0159. The van der Waals surface area contributed by atoms with Gasteiger partial charge in [0.2, 0.25) is 0 Å². The first-order valence-corrected chi connectivity index (χ1v) is 6.16. The first kappa shape index (κ1) is 13.0. The molecule has 0 bridgehead atoms. The monoisotopic (exact) mass is 252 g/mol. The number of ether oxygens (including phenoxy) is 2. The van der Waals surface area contributed by atoms with Crippen molar-refractivity contribution in [3.8, 4) is 0 Å². The minimum atomic E-state index is -0.303. The molecule has 1 aromatic rings. The van der Waals surface area contributed by atoms with Crippen molar-refractivity contribution in [2.24, 2.45) is 0 Å². The maximum atomic E-state index is 12.7. The highest BCUT2D eigenvalue weighted by Gasteiger charge is 2.30. The van der Waals surface area contributed by atoms with Gasteiger partial charge in [-0.05, 0) is 37.0 Å². The lowest BCUT2D eigenvalue weighted by Gasteiger charge is -2.18. The summed E-state index contributed by atoms with van der Waals surface area (Å²) in [5.74, 6) is -0.585. The molecule has 1 aliphatic rings. The normalized spacial score (nSPS) is 23.0. The second-order valence-electron chi connectivity index (χ2n) is 4.54. The van der Waals surface area contributed by atoms with E-state index in [-0.39, 0.29) is 30.4 Å². The second kappa shape index (κ2) is 5.96. The van der Waals surface area contributed by atoms with Crippen molar-refractivity contribution in [2.45, 2.75) is 37.9 Å². The van der Waals surface area contributed by atoms with Gasteiger partial charge in [0.15, 0.2) is 0 Å². The number of carbonyl (C=O) groups excluding carboxylic acids is 1. The van der Waals surface area contributed by atoms with Crippen LogP contribution in [-0.2, 0) is 20.7 Å². The molecule has 2 rings (SSSR count). The van der Waals surface area contributed by atoms with Crippen molar-refractivity contribution in [3.05, 3.63) is 35.6 Å². The maximum absolute atomic E-state index is 12.7. The Labute approximate surface area is 106 Å². The number of methoxy groups -OCH3 is 1. The summed E-state index contributed by atoms with van der Waals surface area (Å²) < 4.78 is 23.4. The SMILES string of the molecule is CO[C@H]1CCC[C@H]1OC(=O)Cc1ccc(F)cc1. The summed E-state index contributed by atoms with van der Waals surface area (Å²) in [5.41, 5.74) is 0.758. The Morgan fingerprint density at radius 3 is 2.61 bits per heavy atom. The van der Waals surface area contributed by atoms with Crippen molar-refractivity contribution in [1.82, 2.24) is 0 Å². The fraction of sp³-hybridized carbons (Fsp3) is 0.500. The maximum Gasteiger partial charge on any atom is 0.310 e. The van der Waals surface area contributed by atoms with Gasteiger partial charge in [-0.2, -0.15) is 0 Å². The third kappa shape index (κ3) is 3.29. The molecule has 1 aliphatic carbocycles. The van der Waals surface area contributed by atoms with Gasteiger partial charge in [0, 0.05) is 7.11 Å². The Morgan fingerprint density at radius 2 is 1.94 bits per heavy atom. The highest BCUT2D eigenvalue weighted by molar-refractivity contribution is 5.72. The predicted molar refractivity (Wildman–Crippen MR) is 64.6 cm³/mol. The van der Waals surface area contributed by atoms with Gasteiger partial charge < -0.3 is 9.47 Å². The Bertz CT molecular complexity index is 402. The molecule has 1 fully saturated rings. The molecule has 98 valence electrons. The smallest absolute Gasteiger partial charge is 0.310 e. The van der Waals surface area contributed by atoms with E-state index in [9.17, 15) is 9.18 Å². The van der Waals surface area contributed by atoms with Crippen LogP contribution in [0.1, 0.15) is 24.8 Å². The Morgan fingerprint density at radius 1 is 1.28 bits per heavy atom. The molecule has 2 atom stereocenters. The molecule has 1 aromatic carbocycles. The molecular formula is C14H17FO3. The van der Waals surface area contributed by atoms with Gasteiger partial charge in [0.25, 0.3) is 0 Å². The van der Waals surface area contributed by atoms with Gasteiger partial charge in [-0.25, -0.2) is 4.39 Å². The van der Waals surface area contributed by atoms with E-state index >= 15 is 0 Å². The molecule has 18 heavy (non-hydrogen) atoms. The Kier molecular flexibility index (Phi) is 4.31. The Balaban J connectivity index is 1.86. The molecule has 3 nitrogen and oxygen atoms in total. The van der Waals surface area contributed by atoms with E-state index in [1.807, 2.05) is 0 Å². The average Bonchev–Trinajstić information content (AvgIpc) is 2.79. The molecule has 4 heteroatoms. The van der Waals surface area contributed by atoms with Crippen LogP contribution < -0.4 is 0 Å². The Hall–Kier alpha value is -1.42. The van der Waals surface area contributed by atoms with Crippen LogP contribution in [-0.4, -0.2) is 25.3 Å². The summed E-state index contributed by atoms with van der Waals surface area (Å²) in [6.45, 7) is 0. The van der Waals surface area contributed by atoms with Crippen molar-refractivity contribution in [1.29, 1.82) is 0 Å². The predicted octanol–water partition coefficient (Wildman–Crippen LogP) is 2.48. The quantitative estimate of drug-likeness (QED) is 0.772. The molecular weight excluding hydrogens is 235 g/mol. The largest absolute Gasteiger partial charge is 0.459 e. The fourth-order valence-corrected chi connectivity index (χ4v) is 2.28. The van der Waals surface area contributed by atoms with E-state index in [1.165, 1.54) is 12.1 Å². The summed E-state index contributed by atoms with van der Waals surface area (Å²) in [7, 11) is 1.64. The second-order valence-corrected chi connectivity index (χ2v) is 4.54. The van der Waals surface area contributed by atoms with Crippen molar-refractivity contribution in [3.63, 3.8) is 0 Å². The van der Waals surface area contributed by atoms with E-state index in [4.69, 9.17) is 9.47 Å². The van der Waals surface area contributed by atoms with Crippen LogP contribution in [0, 0.1) is 5.82 Å². The molecule has 0 radical (unpaired) electrons. The van der Waals surface area contributed by atoms with Gasteiger partial charge >= 0.3 is 5.97 Å². The summed E-state index contributed by atoms with van der Waals surface area (Å²) in [6.07, 6.45) is 2.86. The van der Waals surface area contributed by atoms with Gasteiger partial charge in [0.1, 0.15) is 11.9 Å². The number of benzene rings is 1. The highest BCUT2D eigenvalue weighted by Crippen LogP contribution is 2.24. The summed E-state index contributed by atoms with van der Waals surface area (Å²) in [6, 6.07) is 5.88. The van der Waals surface area contributed by atoms with Gasteiger partial charge in [-0.3, -0.25) is 4.79 Å².